The maximum Gasteiger partial charge on any atom is 0.277 e. The van der Waals surface area contributed by atoms with Crippen LogP contribution in [0.15, 0.2) is 36.4 Å². The summed E-state index contributed by atoms with van der Waals surface area (Å²) < 4.78 is 0. The summed E-state index contributed by atoms with van der Waals surface area (Å²) in [6.07, 6.45) is 0.799. The first-order valence-electron chi connectivity index (χ1n) is 9.45. The minimum absolute atomic E-state index is 0.0376. The summed E-state index contributed by atoms with van der Waals surface area (Å²) in [5.41, 5.74) is 2.03. The van der Waals surface area contributed by atoms with E-state index < -0.39 is 27.1 Å². The molecule has 2 aliphatic rings. The Morgan fingerprint density at radius 3 is 2.38 bits per heavy atom. The molecule has 1 fully saturated rings. The first kappa shape index (κ1) is 19.0. The molecule has 150 valence electrons. The lowest BCUT2D eigenvalue weighted by atomic mass is 9.88. The van der Waals surface area contributed by atoms with Crippen LogP contribution in [0.25, 0.3) is 0 Å². The number of nitrogens with one attached hydrogen (secondary N) is 1. The van der Waals surface area contributed by atoms with Gasteiger partial charge in [-0.05, 0) is 18.6 Å². The van der Waals surface area contributed by atoms with Crippen LogP contribution in [0.3, 0.4) is 0 Å². The van der Waals surface area contributed by atoms with Crippen LogP contribution >= 0.6 is 0 Å². The lowest BCUT2D eigenvalue weighted by Gasteiger charge is -2.34. The van der Waals surface area contributed by atoms with Crippen LogP contribution in [0.1, 0.15) is 33.8 Å². The highest BCUT2D eigenvalue weighted by molar-refractivity contribution is 6.08. The third-order valence-corrected chi connectivity index (χ3v) is 5.86. The number of aryl methyl sites for hydroxylation is 1. The zero-order chi connectivity index (χ0) is 20.9. The minimum Gasteiger partial charge on any atom is -0.337 e. The summed E-state index contributed by atoms with van der Waals surface area (Å²) in [5, 5.41) is 22.5. The molecular weight excluding hydrogens is 376 g/mol. The van der Waals surface area contributed by atoms with Gasteiger partial charge in [-0.1, -0.05) is 17.7 Å². The normalized spacial score (nSPS) is 22.7. The van der Waals surface area contributed by atoms with Crippen molar-refractivity contribution in [3.63, 3.8) is 0 Å². The van der Waals surface area contributed by atoms with Gasteiger partial charge in [0.2, 0.25) is 0 Å². The Bertz CT molecular complexity index is 1010. The molecule has 3 atom stereocenters. The Morgan fingerprint density at radius 2 is 1.76 bits per heavy atom. The van der Waals surface area contributed by atoms with Crippen LogP contribution < -0.4 is 9.80 Å². The highest BCUT2D eigenvalue weighted by atomic mass is 16.6. The van der Waals surface area contributed by atoms with Crippen LogP contribution in [0.4, 0.5) is 17.1 Å². The number of amides is 1. The fourth-order valence-electron chi connectivity index (χ4n) is 4.53. The van der Waals surface area contributed by atoms with E-state index in [2.05, 4.69) is 13.1 Å². The standard InChI is InChI=1S/C20H20N4O5/c1-12-3-4-18-16(7-12)17-11-21(2)6-5-19(17)22(18)20(25)13-8-14(23(26)27)10-15(9-13)24(28)29/h3-4,7-10,17,19H,5-6,11H2,1-2H3/p+1/t17-,19-/m0/s1. The molecule has 1 N–H and O–H groups in total. The van der Waals surface area contributed by atoms with E-state index >= 15 is 0 Å². The molecule has 1 unspecified atom stereocenters. The molecule has 0 aliphatic carbocycles. The molecule has 0 bridgehead atoms. The van der Waals surface area contributed by atoms with Crippen molar-refractivity contribution in [2.75, 3.05) is 25.0 Å². The number of fused-ring (bicyclic) bond motifs is 3. The molecule has 2 aliphatic heterocycles. The molecule has 0 aromatic heterocycles. The van der Waals surface area contributed by atoms with E-state index in [1.165, 1.54) is 4.90 Å². The van der Waals surface area contributed by atoms with Crippen LogP contribution in [0, 0.1) is 27.2 Å². The summed E-state index contributed by atoms with van der Waals surface area (Å²) in [5.74, 6) is -0.259. The van der Waals surface area contributed by atoms with Crippen molar-refractivity contribution in [1.29, 1.82) is 0 Å². The maximum absolute atomic E-state index is 13.5. The number of benzene rings is 2. The van der Waals surface area contributed by atoms with E-state index in [-0.39, 0.29) is 17.5 Å². The van der Waals surface area contributed by atoms with Crippen molar-refractivity contribution in [3.05, 3.63) is 73.3 Å². The number of carbonyl (C=O) groups excluding carboxylic acids is 1. The van der Waals surface area contributed by atoms with Gasteiger partial charge in [-0.25, -0.2) is 0 Å². The lowest BCUT2D eigenvalue weighted by Crippen LogP contribution is -3.11. The van der Waals surface area contributed by atoms with Gasteiger partial charge in [-0.3, -0.25) is 25.0 Å². The van der Waals surface area contributed by atoms with E-state index in [1.807, 2.05) is 19.1 Å². The van der Waals surface area contributed by atoms with E-state index in [9.17, 15) is 25.0 Å². The number of quaternary nitrogens is 1. The minimum atomic E-state index is -0.715. The van der Waals surface area contributed by atoms with Gasteiger partial charge in [0.15, 0.2) is 0 Å². The lowest BCUT2D eigenvalue weighted by molar-refractivity contribution is -0.886. The van der Waals surface area contributed by atoms with E-state index in [0.29, 0.717) is 0 Å². The number of hydrogen-bond donors (Lipinski definition) is 1. The van der Waals surface area contributed by atoms with Crippen molar-refractivity contribution < 1.29 is 19.5 Å². The predicted molar refractivity (Wildman–Crippen MR) is 106 cm³/mol. The highest BCUT2D eigenvalue weighted by Gasteiger charge is 2.46. The molecule has 2 heterocycles. The van der Waals surface area contributed by atoms with Crippen LogP contribution in [0.5, 0.6) is 0 Å². The van der Waals surface area contributed by atoms with Crippen LogP contribution in [0.2, 0.25) is 0 Å². The summed E-state index contributed by atoms with van der Waals surface area (Å²) in [4.78, 5) is 37.6. The Morgan fingerprint density at radius 1 is 1.10 bits per heavy atom. The molecule has 1 saturated heterocycles. The summed E-state index contributed by atoms with van der Waals surface area (Å²) >= 11 is 0. The number of nitro groups is 2. The van der Waals surface area contributed by atoms with Gasteiger partial charge in [0.1, 0.15) is 0 Å². The smallest absolute Gasteiger partial charge is 0.277 e. The van der Waals surface area contributed by atoms with Crippen LogP contribution in [-0.4, -0.2) is 41.9 Å². The number of carbonyl (C=O) groups is 1. The second-order valence-corrected chi connectivity index (χ2v) is 7.86. The number of likely N-dealkylation sites (tertiary alicyclic amines) is 1. The average Bonchev–Trinajstić information content (AvgIpc) is 2.99. The maximum atomic E-state index is 13.5. The molecule has 1 amide bonds. The van der Waals surface area contributed by atoms with Crippen LogP contribution in [-0.2, 0) is 0 Å². The number of piperidine rings is 1. The highest BCUT2D eigenvalue weighted by Crippen LogP contribution is 2.44. The Hall–Kier alpha value is -3.33. The van der Waals surface area contributed by atoms with E-state index in [4.69, 9.17) is 0 Å². The Balaban J connectivity index is 1.81. The van der Waals surface area contributed by atoms with Gasteiger partial charge in [-0.15, -0.1) is 0 Å². The number of nitrogens with zero attached hydrogens (tertiary/aromatic N) is 3. The number of likely N-dealkylation sites (N-methyl/N-ethyl adjacent to an activating group) is 1. The monoisotopic (exact) mass is 397 g/mol. The van der Waals surface area contributed by atoms with E-state index in [0.717, 1.165) is 54.5 Å². The number of non-ortho nitro benzene ring substituents is 2. The number of anilines is 1. The molecular formula is C20H21N4O5+. The summed E-state index contributed by atoms with van der Waals surface area (Å²) in [6, 6.07) is 8.99. The molecule has 0 saturated carbocycles. The molecule has 0 radical (unpaired) electrons. The Labute approximate surface area is 166 Å². The number of hydrogen-bond acceptors (Lipinski definition) is 5. The van der Waals surface area contributed by atoms with Crippen molar-refractivity contribution in [3.8, 4) is 0 Å². The van der Waals surface area contributed by atoms with Gasteiger partial charge < -0.3 is 9.80 Å². The van der Waals surface area contributed by atoms with Gasteiger partial charge in [0, 0.05) is 24.2 Å². The third kappa shape index (κ3) is 3.23. The third-order valence-electron chi connectivity index (χ3n) is 5.86. The molecule has 2 aromatic rings. The summed E-state index contributed by atoms with van der Waals surface area (Å²) in [7, 11) is 2.13. The SMILES string of the molecule is Cc1ccc2c(c1)[C@@H]1C[NH+](C)CC[C@@H]1N2C(=O)c1cc([N+](=O)[O-])cc([N+](=O)[O-])c1. The van der Waals surface area contributed by atoms with Crippen molar-refractivity contribution in [2.24, 2.45) is 0 Å². The number of rotatable bonds is 3. The Kier molecular flexibility index (Phi) is 4.54. The van der Waals surface area contributed by atoms with Crippen molar-refractivity contribution in [1.82, 2.24) is 0 Å². The molecule has 9 nitrogen and oxygen atoms in total. The van der Waals surface area contributed by atoms with Crippen molar-refractivity contribution in [2.45, 2.75) is 25.3 Å². The number of nitro benzene ring substituents is 2. The largest absolute Gasteiger partial charge is 0.337 e. The fourth-order valence-corrected chi connectivity index (χ4v) is 4.53. The fraction of sp³-hybridized carbons (Fsp3) is 0.350. The second kappa shape index (κ2) is 6.93. The zero-order valence-electron chi connectivity index (χ0n) is 16.1. The molecule has 2 aromatic carbocycles. The first-order chi connectivity index (χ1) is 13.8. The molecule has 29 heavy (non-hydrogen) atoms. The van der Waals surface area contributed by atoms with Gasteiger partial charge >= 0.3 is 0 Å². The molecule has 9 heteroatoms. The average molecular weight is 397 g/mol. The first-order valence-corrected chi connectivity index (χ1v) is 9.45. The zero-order valence-corrected chi connectivity index (χ0v) is 16.1. The van der Waals surface area contributed by atoms with Gasteiger partial charge in [0.05, 0.1) is 53.6 Å². The van der Waals surface area contributed by atoms with Gasteiger partial charge in [-0.2, -0.15) is 0 Å². The quantitative estimate of drug-likeness (QED) is 0.628. The summed E-state index contributed by atoms with van der Waals surface area (Å²) in [6.45, 7) is 3.80. The van der Waals surface area contributed by atoms with Crippen molar-refractivity contribution >= 4 is 23.0 Å². The second-order valence-electron chi connectivity index (χ2n) is 7.86. The predicted octanol–water partition coefficient (Wildman–Crippen LogP) is 1.84. The van der Waals surface area contributed by atoms with Gasteiger partial charge in [0.25, 0.3) is 17.3 Å². The molecule has 4 rings (SSSR count). The van der Waals surface area contributed by atoms with E-state index in [1.54, 1.807) is 4.90 Å². The molecule has 0 spiro atoms. The topological polar surface area (TPSA) is 111 Å².